The molecule has 1 aliphatic carbocycles. The highest BCUT2D eigenvalue weighted by Gasteiger charge is 2.80. The first kappa shape index (κ1) is 44.3. The van der Waals surface area contributed by atoms with Crippen molar-refractivity contribution >= 4 is 46.8 Å². The normalized spacial score (nSPS) is 31.9. The van der Waals surface area contributed by atoms with E-state index in [0.29, 0.717) is 89.3 Å². The van der Waals surface area contributed by atoms with E-state index in [-0.39, 0.29) is 24.8 Å². The smallest absolute Gasteiger partial charge is 0.344 e. The minimum Gasteiger partial charge on any atom is -0.496 e. The molecule has 0 amide bonds. The molecule has 15 nitrogen and oxygen atoms in total. The number of hydrogen-bond acceptors (Lipinski definition) is 14. The second-order valence-corrected chi connectivity index (χ2v) is 18.6. The number of esters is 4. The maximum Gasteiger partial charge on any atom is 0.344 e. The zero-order chi connectivity index (χ0) is 46.4. The average molecular weight is 891 g/mol. The van der Waals surface area contributed by atoms with Crippen molar-refractivity contribution in [3.8, 4) is 5.75 Å². The molecule has 65 heavy (non-hydrogen) atoms. The molecule has 2 bridgehead atoms. The van der Waals surface area contributed by atoms with Crippen LogP contribution in [0, 0.1) is 11.3 Å². The third-order valence-electron chi connectivity index (χ3n) is 15.7. The van der Waals surface area contributed by atoms with E-state index in [1.54, 1.807) is 25.3 Å². The Morgan fingerprint density at radius 3 is 2.42 bits per heavy atom. The zero-order valence-corrected chi connectivity index (χ0v) is 38.3. The number of carbonyl (C=O) groups excluding carboxylic acids is 5. The molecule has 1 spiro atoms. The van der Waals surface area contributed by atoms with Crippen LogP contribution < -0.4 is 9.64 Å². The number of aliphatic hydroxyl groups is 1. The minimum absolute atomic E-state index is 0.0451. The van der Waals surface area contributed by atoms with Gasteiger partial charge in [-0.25, -0.2) is 9.59 Å². The van der Waals surface area contributed by atoms with Gasteiger partial charge in [-0.05, 0) is 73.5 Å². The molecule has 1 saturated carbocycles. The first-order chi connectivity index (χ1) is 31.2. The predicted octanol–water partition coefficient (Wildman–Crippen LogP) is 4.67. The van der Waals surface area contributed by atoms with Gasteiger partial charge in [-0.2, -0.15) is 0 Å². The van der Waals surface area contributed by atoms with Crippen molar-refractivity contribution in [1.82, 2.24) is 14.8 Å². The van der Waals surface area contributed by atoms with Crippen molar-refractivity contribution in [1.29, 1.82) is 0 Å². The predicted molar refractivity (Wildman–Crippen MR) is 240 cm³/mol. The van der Waals surface area contributed by atoms with E-state index in [1.807, 2.05) is 49.4 Å². The summed E-state index contributed by atoms with van der Waals surface area (Å²) in [5.74, 6) is -2.57. The largest absolute Gasteiger partial charge is 0.496 e. The summed E-state index contributed by atoms with van der Waals surface area (Å²) in [5, 5.41) is 14.1. The van der Waals surface area contributed by atoms with E-state index in [9.17, 15) is 24.3 Å². The molecule has 344 valence electrons. The van der Waals surface area contributed by atoms with Gasteiger partial charge in [-0.3, -0.25) is 19.3 Å². The Bertz CT molecular complexity index is 2610. The summed E-state index contributed by atoms with van der Waals surface area (Å²) in [6.45, 7) is 7.60. The van der Waals surface area contributed by atoms with Crippen LogP contribution in [0.1, 0.15) is 79.2 Å². The summed E-state index contributed by atoms with van der Waals surface area (Å²) in [7, 11) is 7.30. The van der Waals surface area contributed by atoms with Crippen LogP contribution >= 0.6 is 0 Å². The summed E-state index contributed by atoms with van der Waals surface area (Å²) in [6.07, 6.45) is 9.48. The maximum atomic E-state index is 15.6. The van der Waals surface area contributed by atoms with E-state index in [1.165, 1.54) is 28.3 Å². The van der Waals surface area contributed by atoms with Crippen molar-refractivity contribution in [2.24, 2.45) is 11.3 Å². The van der Waals surface area contributed by atoms with Gasteiger partial charge < -0.3 is 43.6 Å². The first-order valence-corrected chi connectivity index (χ1v) is 22.4. The number of likely N-dealkylation sites (N-methyl/N-ethyl adjacent to an activating group) is 1. The summed E-state index contributed by atoms with van der Waals surface area (Å²) < 4.78 is 29.4. The van der Waals surface area contributed by atoms with Gasteiger partial charge in [-0.15, -0.1) is 0 Å². The molecule has 15 heteroatoms. The number of rotatable bonds is 9. The van der Waals surface area contributed by atoms with E-state index < -0.39 is 57.9 Å². The van der Waals surface area contributed by atoms with E-state index in [0.717, 1.165) is 23.8 Å². The second-order valence-electron chi connectivity index (χ2n) is 18.6. The van der Waals surface area contributed by atoms with Crippen molar-refractivity contribution in [3.05, 3.63) is 93.9 Å². The van der Waals surface area contributed by atoms with Gasteiger partial charge >= 0.3 is 23.9 Å². The van der Waals surface area contributed by atoms with Gasteiger partial charge in [0.25, 0.3) is 0 Å². The van der Waals surface area contributed by atoms with Crippen LogP contribution in [-0.2, 0) is 55.4 Å². The number of aldehydes is 1. The molecule has 2 aromatic carbocycles. The van der Waals surface area contributed by atoms with Crippen molar-refractivity contribution in [3.63, 3.8) is 0 Å². The Morgan fingerprint density at radius 1 is 0.985 bits per heavy atom. The maximum absolute atomic E-state index is 15.6. The fourth-order valence-corrected chi connectivity index (χ4v) is 13.4. The third-order valence-corrected chi connectivity index (χ3v) is 15.7. The van der Waals surface area contributed by atoms with Gasteiger partial charge in [0.2, 0.25) is 5.60 Å². The van der Waals surface area contributed by atoms with E-state index in [2.05, 4.69) is 27.8 Å². The van der Waals surface area contributed by atoms with E-state index >= 15 is 4.79 Å². The Hall–Kier alpha value is -5.93. The quantitative estimate of drug-likeness (QED) is 0.131. The van der Waals surface area contributed by atoms with Gasteiger partial charge in [-0.1, -0.05) is 37.6 Å². The van der Waals surface area contributed by atoms with Crippen LogP contribution in [0.2, 0.25) is 0 Å². The summed E-state index contributed by atoms with van der Waals surface area (Å²) in [5.41, 5.74) is -0.487. The monoisotopic (exact) mass is 890 g/mol. The number of ether oxygens (including phenoxy) is 5. The highest BCUT2D eigenvalue weighted by Crippen LogP contribution is 2.68. The molecule has 9 rings (SSSR count). The van der Waals surface area contributed by atoms with Gasteiger partial charge in [0, 0.05) is 103 Å². The molecule has 0 radical (unpaired) electrons. The summed E-state index contributed by atoms with van der Waals surface area (Å²) in [4.78, 5) is 79.3. The van der Waals surface area contributed by atoms with Crippen LogP contribution in [-0.4, -0.2) is 136 Å². The molecule has 6 heterocycles. The SMILES string of the molecule is CCC1=CC2CN(/C=C(/C(=O)OC)Cc3c([nH]c4ccc(C=O)cc34)[C@@](C(=O)OC)(c3cc4c(cc3OC)N(C)[C@H]3[C@@](O)(C(=O)OC)[C@H](OC(C)=O)[C@]5(CC)C=CCN6CC[C@]43[C@@H]65)C2)C1. The fraction of sp³-hybridized carbons (Fsp3) is 0.500. The van der Waals surface area contributed by atoms with Crippen LogP contribution in [0.15, 0.2) is 65.9 Å². The lowest BCUT2D eigenvalue weighted by molar-refractivity contribution is -0.228. The van der Waals surface area contributed by atoms with Crippen LogP contribution in [0.4, 0.5) is 5.69 Å². The molecule has 1 unspecified atom stereocenters. The van der Waals surface area contributed by atoms with Gasteiger partial charge in [0.15, 0.2) is 6.10 Å². The number of aromatic nitrogens is 1. The number of hydrogen-bond donors (Lipinski definition) is 2. The molecule has 2 N–H and O–H groups in total. The number of fused-ring (bicyclic) bond motifs is 6. The Balaban J connectivity index is 1.40. The lowest BCUT2D eigenvalue weighted by Crippen LogP contribution is -2.81. The first-order valence-electron chi connectivity index (χ1n) is 22.4. The van der Waals surface area contributed by atoms with E-state index in [4.69, 9.17) is 23.7 Å². The van der Waals surface area contributed by atoms with Gasteiger partial charge in [0.05, 0.1) is 40.1 Å². The fourth-order valence-electron chi connectivity index (χ4n) is 13.4. The topological polar surface area (TPSA) is 177 Å². The lowest BCUT2D eigenvalue weighted by atomic mass is 9.47. The number of anilines is 1. The van der Waals surface area contributed by atoms with Crippen LogP contribution in [0.3, 0.4) is 0 Å². The molecule has 5 aliphatic heterocycles. The average Bonchev–Trinajstić information content (AvgIpc) is 3.97. The van der Waals surface area contributed by atoms with Gasteiger partial charge in [0.1, 0.15) is 17.5 Å². The number of H-pyrrole nitrogens is 1. The molecule has 8 atom stereocenters. The number of carbonyl (C=O) groups is 5. The number of benzene rings is 2. The molecule has 6 aliphatic rings. The van der Waals surface area contributed by atoms with Crippen LogP contribution in [0.25, 0.3) is 10.9 Å². The number of nitrogens with one attached hydrogen (secondary N) is 1. The molecular weight excluding hydrogens is 833 g/mol. The second kappa shape index (κ2) is 15.9. The molecule has 1 saturated heterocycles. The number of nitrogens with zero attached hydrogens (tertiary/aromatic N) is 3. The molecule has 2 fully saturated rings. The highest BCUT2D eigenvalue weighted by atomic mass is 16.6. The molecule has 3 aromatic rings. The summed E-state index contributed by atoms with van der Waals surface area (Å²) >= 11 is 0. The number of aromatic amines is 1. The lowest BCUT2D eigenvalue weighted by Gasteiger charge is -2.63. The van der Waals surface area contributed by atoms with Crippen molar-refractivity contribution in [2.75, 3.05) is 66.6 Å². The summed E-state index contributed by atoms with van der Waals surface area (Å²) in [6, 6.07) is 7.78. The zero-order valence-electron chi connectivity index (χ0n) is 38.3. The highest BCUT2D eigenvalue weighted by molar-refractivity contribution is 5.98. The van der Waals surface area contributed by atoms with Crippen LogP contribution in [0.5, 0.6) is 5.75 Å². The Labute approximate surface area is 378 Å². The molecule has 1 aromatic heterocycles. The van der Waals surface area contributed by atoms with Crippen molar-refractivity contribution < 1.29 is 52.8 Å². The third kappa shape index (κ3) is 6.03. The Kier molecular flexibility index (Phi) is 10.8. The standard InChI is InChI=1S/C50H58N4O11/c1-9-29-18-31-23-49(45(58)63-7,40-34(33-19-30(27-55)12-13-37(33)51-40)20-32(41(57)62-6)26-53(24-29)25-31)36-21-35-38(22-39(36)61-5)52(4)43-48(35)15-17-54-16-11-14-47(10-2,42(48)54)44(65-28(3)56)50(43,60)46(59)64-8/h11-14,18-19,21-22,26-27,31,42-44,51,60H,9-10,15-17,20,23-25H2,1-8H3/b32-26+/t31?,42-,43+,44+,47+,48+,49-,50-/m0/s1. The Morgan fingerprint density at radius 2 is 1.75 bits per heavy atom. The molecular formula is C50H58N4O11. The minimum atomic E-state index is -2.37. The van der Waals surface area contributed by atoms with Crippen molar-refractivity contribution in [2.45, 2.75) is 87.5 Å². The number of methoxy groups -OCH3 is 4.